The highest BCUT2D eigenvalue weighted by molar-refractivity contribution is 5.67. The van der Waals surface area contributed by atoms with Crippen LogP contribution in [0.1, 0.15) is 12.8 Å². The Bertz CT molecular complexity index is 241. The average Bonchev–Trinajstić information content (AvgIpc) is 2.96. The number of likely N-dealkylation sites (tertiary alicyclic amines) is 1. The van der Waals surface area contributed by atoms with Gasteiger partial charge >= 0.3 is 6.09 Å². The summed E-state index contributed by atoms with van der Waals surface area (Å²) in [7, 11) is 1.43. The van der Waals surface area contributed by atoms with Crippen LogP contribution in [0.3, 0.4) is 0 Å². The van der Waals surface area contributed by atoms with Gasteiger partial charge in [0.05, 0.1) is 13.7 Å². The molecule has 0 radical (unpaired) electrons. The minimum absolute atomic E-state index is 0.214. The van der Waals surface area contributed by atoms with Gasteiger partial charge in [-0.25, -0.2) is 4.79 Å². The minimum Gasteiger partial charge on any atom is -0.453 e. The Morgan fingerprint density at radius 1 is 1.56 bits per heavy atom. The monoisotopic (exact) mass is 228 g/mol. The van der Waals surface area contributed by atoms with E-state index >= 15 is 0 Å². The van der Waals surface area contributed by atoms with E-state index in [4.69, 9.17) is 9.47 Å². The molecule has 16 heavy (non-hydrogen) atoms. The molecule has 1 amide bonds. The zero-order valence-corrected chi connectivity index (χ0v) is 9.78. The quantitative estimate of drug-likeness (QED) is 0.762. The fourth-order valence-corrected chi connectivity index (χ4v) is 2.30. The summed E-state index contributed by atoms with van der Waals surface area (Å²) in [5, 5.41) is 3.50. The standard InChI is InChI=1S/C11H20N2O3/c1-15-11(14)13-4-2-10(7-13)12-6-9-3-5-16-8-9/h9-10,12H,2-8H2,1H3. The van der Waals surface area contributed by atoms with Crippen molar-refractivity contribution in [1.82, 2.24) is 10.2 Å². The lowest BCUT2D eigenvalue weighted by Gasteiger charge is -2.17. The van der Waals surface area contributed by atoms with Crippen molar-refractivity contribution >= 4 is 6.09 Å². The van der Waals surface area contributed by atoms with Crippen molar-refractivity contribution in [3.8, 4) is 0 Å². The fraction of sp³-hybridized carbons (Fsp3) is 0.909. The Balaban J connectivity index is 1.66. The lowest BCUT2D eigenvalue weighted by Crippen LogP contribution is -2.37. The van der Waals surface area contributed by atoms with E-state index in [-0.39, 0.29) is 6.09 Å². The predicted molar refractivity (Wildman–Crippen MR) is 59.3 cm³/mol. The van der Waals surface area contributed by atoms with Crippen LogP contribution in [0.15, 0.2) is 0 Å². The van der Waals surface area contributed by atoms with E-state index in [2.05, 4.69) is 5.32 Å². The van der Waals surface area contributed by atoms with Crippen molar-refractivity contribution in [3.05, 3.63) is 0 Å². The molecule has 0 aromatic carbocycles. The van der Waals surface area contributed by atoms with Crippen molar-refractivity contribution in [1.29, 1.82) is 0 Å². The molecule has 0 aliphatic carbocycles. The van der Waals surface area contributed by atoms with Crippen LogP contribution in [-0.4, -0.2) is 57.0 Å². The van der Waals surface area contributed by atoms with Crippen molar-refractivity contribution in [2.45, 2.75) is 18.9 Å². The molecule has 0 saturated carbocycles. The molecule has 2 unspecified atom stereocenters. The summed E-state index contributed by atoms with van der Waals surface area (Å²) in [5.74, 6) is 0.646. The Morgan fingerprint density at radius 2 is 2.44 bits per heavy atom. The maximum absolute atomic E-state index is 11.3. The van der Waals surface area contributed by atoms with E-state index in [1.54, 1.807) is 4.90 Å². The van der Waals surface area contributed by atoms with Crippen LogP contribution < -0.4 is 5.32 Å². The van der Waals surface area contributed by atoms with E-state index in [0.717, 1.165) is 45.7 Å². The van der Waals surface area contributed by atoms with Gasteiger partial charge in [-0.3, -0.25) is 0 Å². The third-order valence-corrected chi connectivity index (χ3v) is 3.34. The number of hydrogen-bond acceptors (Lipinski definition) is 4. The van der Waals surface area contributed by atoms with Gasteiger partial charge in [0.1, 0.15) is 0 Å². The lowest BCUT2D eigenvalue weighted by atomic mass is 10.1. The van der Waals surface area contributed by atoms with Gasteiger partial charge in [-0.05, 0) is 18.8 Å². The molecule has 0 aromatic heterocycles. The Labute approximate surface area is 96.1 Å². The molecule has 5 nitrogen and oxygen atoms in total. The normalized spacial score (nSPS) is 29.7. The molecule has 2 atom stereocenters. The van der Waals surface area contributed by atoms with Crippen LogP contribution in [0.4, 0.5) is 4.79 Å². The van der Waals surface area contributed by atoms with Gasteiger partial charge in [0.2, 0.25) is 0 Å². The second kappa shape index (κ2) is 5.50. The van der Waals surface area contributed by atoms with Gasteiger partial charge in [-0.2, -0.15) is 0 Å². The summed E-state index contributed by atoms with van der Waals surface area (Å²) in [6.45, 7) is 4.33. The molecule has 2 saturated heterocycles. The highest BCUT2D eigenvalue weighted by atomic mass is 16.5. The van der Waals surface area contributed by atoms with E-state index in [0.29, 0.717) is 12.0 Å². The first-order chi connectivity index (χ1) is 7.79. The zero-order chi connectivity index (χ0) is 11.4. The topological polar surface area (TPSA) is 50.8 Å². The molecule has 0 aromatic rings. The van der Waals surface area contributed by atoms with Crippen LogP contribution >= 0.6 is 0 Å². The van der Waals surface area contributed by atoms with Gasteiger partial charge in [-0.15, -0.1) is 0 Å². The molecule has 2 aliphatic rings. The highest BCUT2D eigenvalue weighted by Crippen LogP contribution is 2.14. The van der Waals surface area contributed by atoms with Gasteiger partial charge < -0.3 is 19.7 Å². The van der Waals surface area contributed by atoms with Crippen molar-refractivity contribution < 1.29 is 14.3 Å². The summed E-state index contributed by atoms with van der Waals surface area (Å²) in [6, 6.07) is 0.416. The number of carbonyl (C=O) groups is 1. The molecule has 0 spiro atoms. The molecular weight excluding hydrogens is 208 g/mol. The molecule has 92 valence electrons. The number of nitrogens with zero attached hydrogens (tertiary/aromatic N) is 1. The van der Waals surface area contributed by atoms with E-state index < -0.39 is 0 Å². The summed E-state index contributed by atoms with van der Waals surface area (Å²) in [4.78, 5) is 13.0. The number of methoxy groups -OCH3 is 1. The van der Waals surface area contributed by atoms with Crippen LogP contribution in [0, 0.1) is 5.92 Å². The second-order valence-corrected chi connectivity index (χ2v) is 4.54. The second-order valence-electron chi connectivity index (χ2n) is 4.54. The van der Waals surface area contributed by atoms with Crippen LogP contribution in [0.25, 0.3) is 0 Å². The zero-order valence-electron chi connectivity index (χ0n) is 9.78. The Morgan fingerprint density at radius 3 is 3.12 bits per heavy atom. The number of carbonyl (C=O) groups excluding carboxylic acids is 1. The first-order valence-corrected chi connectivity index (χ1v) is 5.93. The molecule has 2 fully saturated rings. The largest absolute Gasteiger partial charge is 0.453 e. The predicted octanol–water partition coefficient (Wildman–Crippen LogP) is 0.453. The van der Waals surface area contributed by atoms with Gasteiger partial charge in [0.25, 0.3) is 0 Å². The minimum atomic E-state index is -0.214. The van der Waals surface area contributed by atoms with E-state index in [9.17, 15) is 4.79 Å². The lowest BCUT2D eigenvalue weighted by molar-refractivity contribution is 0.132. The van der Waals surface area contributed by atoms with Gasteiger partial charge in [0.15, 0.2) is 0 Å². The summed E-state index contributed by atoms with van der Waals surface area (Å²) in [6.07, 6.45) is 1.96. The van der Waals surface area contributed by atoms with E-state index in [1.165, 1.54) is 7.11 Å². The van der Waals surface area contributed by atoms with Crippen molar-refractivity contribution in [3.63, 3.8) is 0 Å². The molecule has 2 heterocycles. The van der Waals surface area contributed by atoms with Crippen LogP contribution in [0.5, 0.6) is 0 Å². The van der Waals surface area contributed by atoms with E-state index in [1.807, 2.05) is 0 Å². The molecule has 0 bridgehead atoms. The number of amides is 1. The molecule has 1 N–H and O–H groups in total. The third-order valence-electron chi connectivity index (χ3n) is 3.34. The smallest absolute Gasteiger partial charge is 0.409 e. The first kappa shape index (κ1) is 11.7. The number of nitrogens with one attached hydrogen (secondary N) is 1. The number of rotatable bonds is 3. The third kappa shape index (κ3) is 2.86. The van der Waals surface area contributed by atoms with Gasteiger partial charge in [-0.1, -0.05) is 0 Å². The van der Waals surface area contributed by atoms with Crippen LogP contribution in [-0.2, 0) is 9.47 Å². The average molecular weight is 228 g/mol. The maximum atomic E-state index is 11.3. The SMILES string of the molecule is COC(=O)N1CCC(NCC2CCOC2)C1. The van der Waals surface area contributed by atoms with Crippen molar-refractivity contribution in [2.75, 3.05) is 40.0 Å². The van der Waals surface area contributed by atoms with Gasteiger partial charge in [0, 0.05) is 32.3 Å². The maximum Gasteiger partial charge on any atom is 0.409 e. The van der Waals surface area contributed by atoms with Crippen molar-refractivity contribution in [2.24, 2.45) is 5.92 Å². The molecule has 5 heteroatoms. The number of ether oxygens (including phenoxy) is 2. The molecular formula is C11H20N2O3. The summed E-state index contributed by atoms with van der Waals surface area (Å²) >= 11 is 0. The number of hydrogen-bond donors (Lipinski definition) is 1. The fourth-order valence-electron chi connectivity index (χ4n) is 2.30. The molecule has 2 aliphatic heterocycles. The summed E-state index contributed by atoms with van der Waals surface area (Å²) in [5.41, 5.74) is 0. The highest BCUT2D eigenvalue weighted by Gasteiger charge is 2.27. The molecule has 2 rings (SSSR count). The Kier molecular flexibility index (Phi) is 4.01. The Hall–Kier alpha value is -0.810. The summed E-state index contributed by atoms with van der Waals surface area (Å²) < 4.78 is 10.0. The van der Waals surface area contributed by atoms with Crippen LogP contribution in [0.2, 0.25) is 0 Å². The first-order valence-electron chi connectivity index (χ1n) is 5.93.